The summed E-state index contributed by atoms with van der Waals surface area (Å²) in [5.41, 5.74) is 2.12. The van der Waals surface area contributed by atoms with Gasteiger partial charge in [-0.05, 0) is 31.5 Å². The topological polar surface area (TPSA) is 34.9 Å². The minimum absolute atomic E-state index is 0.187. The highest BCUT2D eigenvalue weighted by atomic mass is 16.1. The van der Waals surface area contributed by atoms with Gasteiger partial charge in [-0.3, -0.25) is 4.79 Å². The zero-order chi connectivity index (χ0) is 11.5. The van der Waals surface area contributed by atoms with Crippen LogP contribution in [0.1, 0.15) is 18.3 Å². The molecule has 3 heteroatoms. The van der Waals surface area contributed by atoms with Crippen LogP contribution in [-0.2, 0) is 11.2 Å². The van der Waals surface area contributed by atoms with Gasteiger partial charge in [-0.15, -0.1) is 0 Å². The number of Topliss-reactive ketones (excluding diaryl/α,β-unsaturated/α-hetero) is 1. The summed E-state index contributed by atoms with van der Waals surface area (Å²) in [6.45, 7) is 3.57. The van der Waals surface area contributed by atoms with Crippen molar-refractivity contribution in [3.05, 3.63) is 48.0 Å². The lowest BCUT2D eigenvalue weighted by molar-refractivity contribution is -0.116. The molecule has 0 saturated heterocycles. The second kappa shape index (κ2) is 4.31. The van der Waals surface area contributed by atoms with Crippen molar-refractivity contribution in [2.24, 2.45) is 0 Å². The first-order chi connectivity index (χ1) is 7.66. The molecular formula is C13H14N2O. The molecule has 1 aromatic carbocycles. The molecular weight excluding hydrogens is 200 g/mol. The van der Waals surface area contributed by atoms with Gasteiger partial charge in [0, 0.05) is 24.5 Å². The van der Waals surface area contributed by atoms with Gasteiger partial charge in [-0.25, -0.2) is 4.98 Å². The number of nitrogens with zero attached hydrogens (tertiary/aromatic N) is 2. The molecule has 3 nitrogen and oxygen atoms in total. The van der Waals surface area contributed by atoms with Crippen molar-refractivity contribution < 1.29 is 4.79 Å². The Balaban J connectivity index is 2.26. The van der Waals surface area contributed by atoms with E-state index in [9.17, 15) is 4.79 Å². The van der Waals surface area contributed by atoms with Crippen LogP contribution in [0.25, 0.3) is 5.69 Å². The third-order valence-electron chi connectivity index (χ3n) is 2.49. The highest BCUT2D eigenvalue weighted by molar-refractivity contribution is 5.78. The van der Waals surface area contributed by atoms with Crippen LogP contribution in [0.4, 0.5) is 0 Å². The van der Waals surface area contributed by atoms with Gasteiger partial charge in [0.2, 0.25) is 0 Å². The lowest BCUT2D eigenvalue weighted by atomic mass is 10.1. The van der Waals surface area contributed by atoms with E-state index < -0.39 is 0 Å². The summed E-state index contributed by atoms with van der Waals surface area (Å²) in [6.07, 6.45) is 4.21. The number of hydrogen-bond donors (Lipinski definition) is 0. The van der Waals surface area contributed by atoms with Gasteiger partial charge in [-0.1, -0.05) is 12.1 Å². The summed E-state index contributed by atoms with van der Waals surface area (Å²) in [4.78, 5) is 15.1. The third kappa shape index (κ3) is 2.19. The van der Waals surface area contributed by atoms with Crippen molar-refractivity contribution in [3.8, 4) is 5.69 Å². The zero-order valence-corrected chi connectivity index (χ0v) is 9.47. The van der Waals surface area contributed by atoms with Gasteiger partial charge in [-0.2, -0.15) is 0 Å². The number of carbonyl (C=O) groups is 1. The van der Waals surface area contributed by atoms with Crippen LogP contribution in [0.3, 0.4) is 0 Å². The molecule has 2 rings (SSSR count). The quantitative estimate of drug-likeness (QED) is 0.785. The summed E-state index contributed by atoms with van der Waals surface area (Å²) in [5, 5.41) is 0. The van der Waals surface area contributed by atoms with E-state index in [0.29, 0.717) is 6.42 Å². The van der Waals surface area contributed by atoms with Crippen molar-refractivity contribution in [1.29, 1.82) is 0 Å². The lowest BCUT2D eigenvalue weighted by Crippen LogP contribution is -1.98. The maximum atomic E-state index is 11.0. The Morgan fingerprint density at radius 2 is 2.00 bits per heavy atom. The second-order valence-electron chi connectivity index (χ2n) is 3.89. The lowest BCUT2D eigenvalue weighted by Gasteiger charge is -2.05. The van der Waals surface area contributed by atoms with E-state index in [-0.39, 0.29) is 5.78 Å². The normalized spacial score (nSPS) is 10.4. The molecule has 1 aromatic heterocycles. The molecule has 0 aliphatic carbocycles. The Kier molecular flexibility index (Phi) is 2.86. The van der Waals surface area contributed by atoms with E-state index in [2.05, 4.69) is 4.98 Å². The fraction of sp³-hybridized carbons (Fsp3) is 0.231. The van der Waals surface area contributed by atoms with Crippen LogP contribution in [0.2, 0.25) is 0 Å². The van der Waals surface area contributed by atoms with Gasteiger partial charge in [0.15, 0.2) is 0 Å². The highest BCUT2D eigenvalue weighted by Gasteiger charge is 2.01. The number of ketones is 1. The number of rotatable bonds is 3. The Morgan fingerprint density at radius 3 is 2.50 bits per heavy atom. The van der Waals surface area contributed by atoms with Crippen LogP contribution in [0, 0.1) is 6.92 Å². The SMILES string of the molecule is CC(=O)Cc1ccc(-n2ccnc2C)cc1. The average Bonchev–Trinajstić information content (AvgIpc) is 2.65. The average molecular weight is 214 g/mol. The van der Waals surface area contributed by atoms with Crippen molar-refractivity contribution >= 4 is 5.78 Å². The van der Waals surface area contributed by atoms with Gasteiger partial charge < -0.3 is 4.57 Å². The molecule has 0 radical (unpaired) electrons. The molecule has 82 valence electrons. The first-order valence-corrected chi connectivity index (χ1v) is 5.25. The fourth-order valence-corrected chi connectivity index (χ4v) is 1.71. The molecule has 16 heavy (non-hydrogen) atoms. The smallest absolute Gasteiger partial charge is 0.134 e. The summed E-state index contributed by atoms with van der Waals surface area (Å²) >= 11 is 0. The van der Waals surface area contributed by atoms with Crippen molar-refractivity contribution in [3.63, 3.8) is 0 Å². The van der Waals surface area contributed by atoms with E-state index in [1.165, 1.54) is 0 Å². The molecule has 0 spiro atoms. The van der Waals surface area contributed by atoms with Crippen LogP contribution in [0.15, 0.2) is 36.7 Å². The molecule has 0 unspecified atom stereocenters. The first kappa shape index (κ1) is 10.6. The minimum Gasteiger partial charge on any atom is -0.304 e. The highest BCUT2D eigenvalue weighted by Crippen LogP contribution is 2.12. The fourth-order valence-electron chi connectivity index (χ4n) is 1.71. The maximum absolute atomic E-state index is 11.0. The molecule has 2 aromatic rings. The zero-order valence-electron chi connectivity index (χ0n) is 9.47. The van der Waals surface area contributed by atoms with Crippen molar-refractivity contribution in [1.82, 2.24) is 9.55 Å². The predicted octanol–water partition coefficient (Wildman–Crippen LogP) is 2.31. The Labute approximate surface area is 94.7 Å². The number of benzene rings is 1. The van der Waals surface area contributed by atoms with Crippen molar-refractivity contribution in [2.75, 3.05) is 0 Å². The molecule has 0 aliphatic rings. The first-order valence-electron chi connectivity index (χ1n) is 5.25. The van der Waals surface area contributed by atoms with Crippen LogP contribution < -0.4 is 0 Å². The van der Waals surface area contributed by atoms with Crippen LogP contribution in [-0.4, -0.2) is 15.3 Å². The Morgan fingerprint density at radius 1 is 1.31 bits per heavy atom. The maximum Gasteiger partial charge on any atom is 0.134 e. The molecule has 0 aliphatic heterocycles. The van der Waals surface area contributed by atoms with E-state index in [0.717, 1.165) is 17.1 Å². The van der Waals surface area contributed by atoms with Crippen LogP contribution in [0.5, 0.6) is 0 Å². The van der Waals surface area contributed by atoms with Gasteiger partial charge in [0.25, 0.3) is 0 Å². The largest absolute Gasteiger partial charge is 0.304 e. The number of hydrogen-bond acceptors (Lipinski definition) is 2. The number of imidazole rings is 1. The molecule has 0 atom stereocenters. The molecule has 0 N–H and O–H groups in total. The summed E-state index contributed by atoms with van der Waals surface area (Å²) < 4.78 is 2.01. The molecule has 1 heterocycles. The summed E-state index contributed by atoms with van der Waals surface area (Å²) in [6, 6.07) is 7.98. The number of aryl methyl sites for hydroxylation is 1. The second-order valence-corrected chi connectivity index (χ2v) is 3.89. The Bertz CT molecular complexity index is 497. The third-order valence-corrected chi connectivity index (χ3v) is 2.49. The van der Waals surface area contributed by atoms with Gasteiger partial charge in [0.1, 0.15) is 11.6 Å². The van der Waals surface area contributed by atoms with E-state index >= 15 is 0 Å². The summed E-state index contributed by atoms with van der Waals surface area (Å²) in [7, 11) is 0. The number of aromatic nitrogens is 2. The standard InChI is InChI=1S/C13H14N2O/c1-10(16)9-12-3-5-13(6-4-12)15-8-7-14-11(15)2/h3-8H,9H2,1-2H3. The molecule has 0 fully saturated rings. The van der Waals surface area contributed by atoms with Gasteiger partial charge >= 0.3 is 0 Å². The summed E-state index contributed by atoms with van der Waals surface area (Å²) in [5.74, 6) is 1.14. The van der Waals surface area contributed by atoms with Gasteiger partial charge in [0.05, 0.1) is 0 Å². The van der Waals surface area contributed by atoms with Crippen LogP contribution >= 0.6 is 0 Å². The molecule has 0 amide bonds. The monoisotopic (exact) mass is 214 g/mol. The Hall–Kier alpha value is -1.90. The molecule has 0 saturated carbocycles. The van der Waals surface area contributed by atoms with Crippen molar-refractivity contribution in [2.45, 2.75) is 20.3 Å². The number of carbonyl (C=O) groups excluding carboxylic acids is 1. The molecule has 0 bridgehead atoms. The van der Waals surface area contributed by atoms with E-state index in [1.807, 2.05) is 42.0 Å². The predicted molar refractivity (Wildman–Crippen MR) is 62.7 cm³/mol. The van der Waals surface area contributed by atoms with E-state index in [1.54, 1.807) is 13.1 Å². The van der Waals surface area contributed by atoms with E-state index in [4.69, 9.17) is 0 Å². The minimum atomic E-state index is 0.187.